The molecular formula is C8H13BNO4S. The molecule has 15 heavy (non-hydrogen) atoms. The lowest BCUT2D eigenvalue weighted by Crippen LogP contribution is -2.10. The second-order valence-corrected chi connectivity index (χ2v) is 4.55. The molecule has 1 rings (SSSR count). The summed E-state index contributed by atoms with van der Waals surface area (Å²) in [5.41, 5.74) is 1.56. The van der Waals surface area contributed by atoms with Gasteiger partial charge in [0.1, 0.15) is 0 Å². The second-order valence-electron chi connectivity index (χ2n) is 2.80. The van der Waals surface area contributed by atoms with Crippen molar-refractivity contribution in [2.75, 3.05) is 11.0 Å². The Morgan fingerprint density at radius 2 is 1.73 bits per heavy atom. The third-order valence-corrected chi connectivity index (χ3v) is 2.03. The van der Waals surface area contributed by atoms with Gasteiger partial charge in [0.15, 0.2) is 0 Å². The van der Waals surface area contributed by atoms with Crippen LogP contribution in [0.15, 0.2) is 24.3 Å². The first-order chi connectivity index (χ1) is 6.90. The van der Waals surface area contributed by atoms with Gasteiger partial charge in [0.2, 0.25) is 10.0 Å². The number of hydrogen-bond donors (Lipinski definition) is 3. The molecule has 0 atom stereocenters. The van der Waals surface area contributed by atoms with Crippen LogP contribution in [0.5, 0.6) is 0 Å². The number of hydrogen-bond acceptors (Lipinski definition) is 4. The molecule has 0 amide bonds. The molecule has 0 unspecified atom stereocenters. The molecule has 0 aliphatic rings. The topological polar surface area (TPSA) is 86.6 Å². The maximum Gasteiger partial charge on any atom is 0.482 e. The molecule has 1 radical (unpaired) electrons. The van der Waals surface area contributed by atoms with Crippen molar-refractivity contribution in [3.63, 3.8) is 0 Å². The quantitative estimate of drug-likeness (QED) is 0.617. The summed E-state index contributed by atoms with van der Waals surface area (Å²) in [5, 5.41) is 14.0. The van der Waals surface area contributed by atoms with Gasteiger partial charge in [-0.05, 0) is 18.6 Å². The molecule has 0 aliphatic carbocycles. The van der Waals surface area contributed by atoms with E-state index >= 15 is 0 Å². The van der Waals surface area contributed by atoms with Crippen molar-refractivity contribution in [3.8, 4) is 0 Å². The van der Waals surface area contributed by atoms with Gasteiger partial charge in [0.25, 0.3) is 0 Å². The molecule has 83 valence electrons. The fourth-order valence-electron chi connectivity index (χ4n) is 0.887. The van der Waals surface area contributed by atoms with Gasteiger partial charge >= 0.3 is 7.69 Å². The first-order valence-corrected chi connectivity index (χ1v) is 5.93. The van der Waals surface area contributed by atoms with Gasteiger partial charge in [-0.1, -0.05) is 18.2 Å². The van der Waals surface area contributed by atoms with E-state index in [1.807, 2.05) is 19.1 Å². The highest BCUT2D eigenvalue weighted by Gasteiger charge is 2.02. The Balaban J connectivity index is 0.000000583. The average Bonchev–Trinajstić information content (AvgIpc) is 2.08. The molecule has 0 heterocycles. The average molecular weight is 230 g/mol. The van der Waals surface area contributed by atoms with Gasteiger partial charge in [0, 0.05) is 0 Å². The van der Waals surface area contributed by atoms with Gasteiger partial charge in [-0.2, -0.15) is 0 Å². The Kier molecular flexibility index (Phi) is 5.99. The van der Waals surface area contributed by atoms with Gasteiger partial charge in [-0.3, -0.25) is 4.72 Å². The summed E-state index contributed by atoms with van der Waals surface area (Å²) in [4.78, 5) is 0. The highest BCUT2D eigenvalue weighted by atomic mass is 32.2. The number of rotatable bonds is 2. The molecule has 3 N–H and O–H groups in total. The molecular weight excluding hydrogens is 217 g/mol. The van der Waals surface area contributed by atoms with Crippen molar-refractivity contribution in [2.24, 2.45) is 0 Å². The van der Waals surface area contributed by atoms with Gasteiger partial charge < -0.3 is 10.0 Å². The lowest BCUT2D eigenvalue weighted by atomic mass is 10.2. The summed E-state index contributed by atoms with van der Waals surface area (Å²) >= 11 is 0. The Bertz CT molecular complexity index is 393. The summed E-state index contributed by atoms with van der Waals surface area (Å²) in [6.07, 6.45) is 1.14. The summed E-state index contributed by atoms with van der Waals surface area (Å²) in [5.74, 6) is 0. The highest BCUT2D eigenvalue weighted by molar-refractivity contribution is 7.92. The van der Waals surface area contributed by atoms with Crippen LogP contribution in [-0.4, -0.2) is 32.4 Å². The number of anilines is 1. The molecule has 0 aliphatic heterocycles. The van der Waals surface area contributed by atoms with Crippen molar-refractivity contribution >= 4 is 23.4 Å². The normalized spacial score (nSPS) is 9.87. The smallest absolute Gasteiger partial charge is 0.429 e. The van der Waals surface area contributed by atoms with E-state index in [9.17, 15) is 8.42 Å². The maximum absolute atomic E-state index is 10.8. The maximum atomic E-state index is 10.8. The fourth-order valence-corrected chi connectivity index (χ4v) is 1.52. The number of sulfonamides is 1. The molecule has 0 saturated heterocycles. The number of benzene rings is 1. The van der Waals surface area contributed by atoms with Gasteiger partial charge in [-0.15, -0.1) is 0 Å². The Morgan fingerprint density at radius 1 is 1.27 bits per heavy atom. The third kappa shape index (κ3) is 6.95. The first kappa shape index (κ1) is 14.0. The third-order valence-electron chi connectivity index (χ3n) is 1.44. The summed E-state index contributed by atoms with van der Waals surface area (Å²) < 4.78 is 24.1. The zero-order valence-corrected chi connectivity index (χ0v) is 9.32. The Morgan fingerprint density at radius 3 is 2.13 bits per heavy atom. The van der Waals surface area contributed by atoms with Gasteiger partial charge in [-0.25, -0.2) is 8.42 Å². The molecule has 1 aromatic carbocycles. The van der Waals surface area contributed by atoms with Crippen LogP contribution in [0, 0.1) is 6.92 Å². The van der Waals surface area contributed by atoms with Crippen LogP contribution in [-0.2, 0) is 10.0 Å². The number of nitrogens with one attached hydrogen (secondary N) is 1. The van der Waals surface area contributed by atoms with Crippen LogP contribution in [0.2, 0.25) is 0 Å². The van der Waals surface area contributed by atoms with Crippen molar-refractivity contribution in [3.05, 3.63) is 29.8 Å². The second kappa shape index (κ2) is 6.44. The Labute approximate surface area is 90.1 Å². The van der Waals surface area contributed by atoms with Crippen LogP contribution >= 0.6 is 0 Å². The largest absolute Gasteiger partial charge is 0.482 e. The van der Waals surface area contributed by atoms with Crippen LogP contribution in [0.25, 0.3) is 0 Å². The van der Waals surface area contributed by atoms with Crippen molar-refractivity contribution < 1.29 is 18.5 Å². The van der Waals surface area contributed by atoms with E-state index in [-0.39, 0.29) is 7.69 Å². The molecule has 1 aromatic rings. The lowest BCUT2D eigenvalue weighted by Gasteiger charge is -2.05. The summed E-state index contributed by atoms with van der Waals surface area (Å²) in [6, 6.07) is 7.24. The molecule has 0 spiro atoms. The van der Waals surface area contributed by atoms with Crippen molar-refractivity contribution in [1.29, 1.82) is 0 Å². The molecule has 7 heteroatoms. The monoisotopic (exact) mass is 230 g/mol. The predicted octanol–water partition coefficient (Wildman–Crippen LogP) is -0.128. The molecule has 0 bridgehead atoms. The standard InChI is InChI=1S/C8H11NO2S.BH2O2/c1-7-5-3-4-6-8(7)9-12(2,10)11;2-1-3/h3-6,9H,1-2H3;2-3H. The lowest BCUT2D eigenvalue weighted by molar-refractivity contribution is 0.448. The zero-order chi connectivity index (χ0) is 11.9. The fraction of sp³-hybridized carbons (Fsp3) is 0.250. The number of aryl methyl sites for hydroxylation is 1. The molecule has 0 fully saturated rings. The zero-order valence-electron chi connectivity index (χ0n) is 8.51. The Hall–Kier alpha value is -1.05. The van der Waals surface area contributed by atoms with E-state index in [1.165, 1.54) is 0 Å². The van der Waals surface area contributed by atoms with Crippen LogP contribution < -0.4 is 4.72 Å². The summed E-state index contributed by atoms with van der Waals surface area (Å²) in [6.45, 7) is 1.85. The number of para-hydroxylation sites is 1. The van der Waals surface area contributed by atoms with Gasteiger partial charge in [0.05, 0.1) is 11.9 Å². The van der Waals surface area contributed by atoms with Crippen LogP contribution in [0.4, 0.5) is 5.69 Å². The minimum absolute atomic E-state index is 0. The minimum atomic E-state index is -3.15. The van der Waals surface area contributed by atoms with E-state index in [4.69, 9.17) is 10.0 Å². The summed E-state index contributed by atoms with van der Waals surface area (Å²) in [7, 11) is -3.15. The van der Waals surface area contributed by atoms with Crippen molar-refractivity contribution in [2.45, 2.75) is 6.92 Å². The SMILES string of the molecule is Cc1ccccc1NS(C)(=O)=O.O[B]O. The first-order valence-electron chi connectivity index (χ1n) is 4.04. The molecule has 0 saturated carbocycles. The van der Waals surface area contributed by atoms with E-state index in [0.29, 0.717) is 5.69 Å². The van der Waals surface area contributed by atoms with E-state index in [0.717, 1.165) is 11.8 Å². The molecule has 5 nitrogen and oxygen atoms in total. The van der Waals surface area contributed by atoms with Crippen LogP contribution in [0.1, 0.15) is 5.56 Å². The predicted molar refractivity (Wildman–Crippen MR) is 59.8 cm³/mol. The molecule has 0 aromatic heterocycles. The van der Waals surface area contributed by atoms with E-state index in [1.54, 1.807) is 12.1 Å². The van der Waals surface area contributed by atoms with E-state index < -0.39 is 10.0 Å². The highest BCUT2D eigenvalue weighted by Crippen LogP contribution is 2.13. The van der Waals surface area contributed by atoms with E-state index in [2.05, 4.69) is 4.72 Å². The van der Waals surface area contributed by atoms with Crippen LogP contribution in [0.3, 0.4) is 0 Å². The minimum Gasteiger partial charge on any atom is -0.429 e. The van der Waals surface area contributed by atoms with Crippen molar-refractivity contribution in [1.82, 2.24) is 0 Å².